The van der Waals surface area contributed by atoms with E-state index in [2.05, 4.69) is 5.32 Å². The van der Waals surface area contributed by atoms with E-state index in [0.717, 1.165) is 6.08 Å². The maximum absolute atomic E-state index is 13.5. The maximum atomic E-state index is 13.5. The summed E-state index contributed by atoms with van der Waals surface area (Å²) >= 11 is 0. The van der Waals surface area contributed by atoms with Crippen LogP contribution >= 0.6 is 0 Å². The summed E-state index contributed by atoms with van der Waals surface area (Å²) < 4.78 is 17.1. The Morgan fingerprint density at radius 3 is 2.16 bits per heavy atom. The summed E-state index contributed by atoms with van der Waals surface area (Å²) in [6.45, 7) is 19.5. The molecule has 3 N–H and O–H groups in total. The van der Waals surface area contributed by atoms with Crippen molar-refractivity contribution < 1.29 is 48.4 Å². The van der Waals surface area contributed by atoms with Crippen molar-refractivity contribution in [2.45, 2.75) is 106 Å². The molecule has 11 nitrogen and oxygen atoms in total. The molecule has 0 aromatic heterocycles. The van der Waals surface area contributed by atoms with Gasteiger partial charge >= 0.3 is 5.97 Å². The molecule has 0 spiro atoms. The predicted molar refractivity (Wildman–Crippen MR) is 188 cm³/mol. The number of rotatable bonds is 14. The number of hydrogen-bond acceptors (Lipinski definition) is 10. The number of fused-ring (bicyclic) bond motifs is 3. The van der Waals surface area contributed by atoms with Crippen LogP contribution in [-0.4, -0.2) is 70.5 Å². The first-order chi connectivity index (χ1) is 23.2. The number of carbonyl (C=O) groups is 5. The van der Waals surface area contributed by atoms with Gasteiger partial charge in [0.2, 0.25) is 11.6 Å². The second-order valence-corrected chi connectivity index (χ2v) is 14.2. The zero-order chi connectivity index (χ0) is 38.0. The average Bonchev–Trinajstić information content (AvgIpc) is 3.35. The molecule has 1 aliphatic carbocycles. The third-order valence-corrected chi connectivity index (χ3v) is 10.9. The summed E-state index contributed by atoms with van der Waals surface area (Å²) in [7, 11) is 1.62. The lowest BCUT2D eigenvalue weighted by molar-refractivity contribution is -0.158. The number of carbonyl (C=O) groups excluding carboxylic acids is 5. The van der Waals surface area contributed by atoms with E-state index in [1.807, 2.05) is 41.5 Å². The number of nitrogens with one attached hydrogen (secondary N) is 1. The van der Waals surface area contributed by atoms with Crippen LogP contribution in [0.2, 0.25) is 0 Å². The van der Waals surface area contributed by atoms with Crippen LogP contribution in [0.3, 0.4) is 0 Å². The van der Waals surface area contributed by atoms with Gasteiger partial charge in [-0.15, -0.1) is 0 Å². The fourth-order valence-corrected chi connectivity index (χ4v) is 6.64. The van der Waals surface area contributed by atoms with Crippen molar-refractivity contribution in [2.75, 3.05) is 7.11 Å². The van der Waals surface area contributed by atoms with Gasteiger partial charge in [-0.05, 0) is 51.9 Å². The molecule has 1 amide bonds. The van der Waals surface area contributed by atoms with E-state index in [9.17, 15) is 34.2 Å². The molecular formula is C39H53NO10. The number of Topliss-reactive ketones (excluding diaryl/α,β-unsaturated/α-hetero) is 2. The van der Waals surface area contributed by atoms with Crippen LogP contribution in [0, 0.1) is 36.5 Å². The van der Waals surface area contributed by atoms with E-state index < -0.39 is 46.8 Å². The quantitative estimate of drug-likeness (QED) is 0.122. The van der Waals surface area contributed by atoms with E-state index in [1.165, 1.54) is 26.8 Å². The molecule has 3 rings (SSSR count). The Kier molecular flexibility index (Phi) is 12.8. The van der Waals surface area contributed by atoms with Gasteiger partial charge in [0.25, 0.3) is 5.91 Å². The first kappa shape index (κ1) is 40.3. The standard InChI is InChI=1S/C39H53NO10/c1-13-39(11)37(46)31-29-28(42)17-27(34(45)30(29)33(44)24(8)36(31)50-39)40-38(47)19(3)16-14-15-18(2)32(43)21(5)20(4)22(6)35(49-26(10)41)23(7)25(9)48-12/h14-18,20-23,25,32,35,43-44H,13H2,1-12H3,(H,40,47)/b15-14+,19-16-/t18-,20+,21-,22+,23+,25-,32-,35-,39+/m0/s1. The highest BCUT2D eigenvalue weighted by Crippen LogP contribution is 2.48. The summed E-state index contributed by atoms with van der Waals surface area (Å²) in [4.78, 5) is 65.1. The Labute approximate surface area is 295 Å². The molecule has 1 heterocycles. The van der Waals surface area contributed by atoms with Gasteiger partial charge in [-0.3, -0.25) is 24.0 Å². The van der Waals surface area contributed by atoms with Gasteiger partial charge in [0.15, 0.2) is 11.4 Å². The molecule has 11 heteroatoms. The van der Waals surface area contributed by atoms with Gasteiger partial charge in [-0.1, -0.05) is 59.8 Å². The SMILES string of the molecule is CC[C@@]1(C)Oc2c(C)c(O)c3c(c2C1=O)C(=O)C=C(NC(=O)/C(C)=C\C=C\[C@H](C)[C@H](O)[C@@H](C)[C@@H](C)[C@@H](C)[C@H](OC(C)=O)[C@H](C)[C@H](C)OC)C3=O. The lowest BCUT2D eigenvalue weighted by Gasteiger charge is -2.38. The molecule has 0 radical (unpaired) electrons. The van der Waals surface area contributed by atoms with Crippen LogP contribution in [0.15, 0.2) is 35.6 Å². The number of phenolic OH excluding ortho intramolecular Hbond substituents is 1. The van der Waals surface area contributed by atoms with Gasteiger partial charge in [0, 0.05) is 43.1 Å². The van der Waals surface area contributed by atoms with Crippen LogP contribution in [-0.2, 0) is 19.1 Å². The molecule has 0 bridgehead atoms. The normalized spacial score (nSPS) is 22.4. The number of amides is 1. The van der Waals surface area contributed by atoms with Gasteiger partial charge in [0.05, 0.1) is 34.6 Å². The van der Waals surface area contributed by atoms with Crippen molar-refractivity contribution in [3.8, 4) is 11.5 Å². The number of hydrogen-bond donors (Lipinski definition) is 3. The fourth-order valence-electron chi connectivity index (χ4n) is 6.64. The van der Waals surface area contributed by atoms with Crippen molar-refractivity contribution in [3.05, 3.63) is 57.8 Å². The van der Waals surface area contributed by atoms with Gasteiger partial charge in [-0.25, -0.2) is 0 Å². The Morgan fingerprint density at radius 2 is 1.60 bits per heavy atom. The number of ketones is 3. The summed E-state index contributed by atoms with van der Waals surface area (Å²) in [5.41, 5.74) is -1.79. The number of ether oxygens (including phenoxy) is 3. The predicted octanol–water partition coefficient (Wildman–Crippen LogP) is 5.83. The third kappa shape index (κ3) is 7.78. The zero-order valence-corrected chi connectivity index (χ0v) is 31.3. The molecular weight excluding hydrogens is 642 g/mol. The van der Waals surface area contributed by atoms with Crippen molar-refractivity contribution in [1.29, 1.82) is 0 Å². The van der Waals surface area contributed by atoms with Crippen LogP contribution in [0.5, 0.6) is 11.5 Å². The topological polar surface area (TPSA) is 166 Å². The minimum atomic E-state index is -1.23. The number of allylic oxidation sites excluding steroid dienone is 4. The minimum Gasteiger partial charge on any atom is -0.507 e. The Hall–Kier alpha value is -4.09. The number of aromatic hydroxyl groups is 1. The maximum Gasteiger partial charge on any atom is 0.302 e. The van der Waals surface area contributed by atoms with Crippen LogP contribution in [0.25, 0.3) is 0 Å². The van der Waals surface area contributed by atoms with E-state index >= 15 is 0 Å². The number of esters is 1. The van der Waals surface area contributed by atoms with Crippen molar-refractivity contribution in [1.82, 2.24) is 5.32 Å². The van der Waals surface area contributed by atoms with Crippen LogP contribution in [0.1, 0.15) is 112 Å². The van der Waals surface area contributed by atoms with Gasteiger partial charge < -0.3 is 29.7 Å². The molecule has 0 saturated carbocycles. The molecule has 0 saturated heterocycles. The number of benzene rings is 1. The summed E-state index contributed by atoms with van der Waals surface area (Å²) in [6, 6.07) is 0. The van der Waals surface area contributed by atoms with Crippen molar-refractivity contribution >= 4 is 29.2 Å². The molecule has 1 aromatic rings. The molecule has 1 aliphatic heterocycles. The highest BCUT2D eigenvalue weighted by Gasteiger charge is 2.49. The average molecular weight is 696 g/mol. The lowest BCUT2D eigenvalue weighted by Crippen LogP contribution is -2.42. The number of phenols is 1. The number of aliphatic hydroxyl groups is 1. The molecule has 2 aliphatic rings. The van der Waals surface area contributed by atoms with Crippen molar-refractivity contribution in [3.63, 3.8) is 0 Å². The molecule has 9 atom stereocenters. The number of methoxy groups -OCH3 is 1. The summed E-state index contributed by atoms with van der Waals surface area (Å²) in [5, 5.41) is 24.7. The zero-order valence-electron chi connectivity index (χ0n) is 31.3. The third-order valence-electron chi connectivity index (χ3n) is 10.9. The lowest BCUT2D eigenvalue weighted by atomic mass is 9.73. The second-order valence-electron chi connectivity index (χ2n) is 14.2. The minimum absolute atomic E-state index is 0.0278. The summed E-state index contributed by atoms with van der Waals surface area (Å²) in [5.74, 6) is -4.03. The first-order valence-electron chi connectivity index (χ1n) is 17.2. The molecule has 274 valence electrons. The van der Waals surface area contributed by atoms with E-state index in [0.29, 0.717) is 6.42 Å². The highest BCUT2D eigenvalue weighted by molar-refractivity contribution is 6.31. The van der Waals surface area contributed by atoms with Gasteiger partial charge in [0.1, 0.15) is 17.6 Å². The van der Waals surface area contributed by atoms with E-state index in [4.69, 9.17) is 14.2 Å². The van der Waals surface area contributed by atoms with E-state index in [1.54, 1.807) is 33.1 Å². The van der Waals surface area contributed by atoms with Crippen molar-refractivity contribution in [2.24, 2.45) is 29.6 Å². The van der Waals surface area contributed by atoms with E-state index in [-0.39, 0.29) is 80.9 Å². The molecule has 1 aromatic carbocycles. The largest absolute Gasteiger partial charge is 0.507 e. The number of aliphatic hydroxyl groups excluding tert-OH is 1. The Bertz CT molecular complexity index is 1640. The molecule has 50 heavy (non-hydrogen) atoms. The second kappa shape index (κ2) is 15.9. The smallest absolute Gasteiger partial charge is 0.302 e. The summed E-state index contributed by atoms with van der Waals surface area (Å²) in [6.07, 6.45) is 4.92. The molecule has 0 unspecified atom stereocenters. The van der Waals surface area contributed by atoms with Gasteiger partial charge in [-0.2, -0.15) is 0 Å². The fraction of sp³-hybridized carbons (Fsp3) is 0.564. The molecule has 0 fully saturated rings. The monoisotopic (exact) mass is 695 g/mol. The first-order valence-corrected chi connectivity index (χ1v) is 17.2. The Morgan fingerprint density at radius 1 is 0.980 bits per heavy atom. The highest BCUT2D eigenvalue weighted by atomic mass is 16.5. The Balaban J connectivity index is 1.73. The van der Waals surface area contributed by atoms with Crippen LogP contribution in [0.4, 0.5) is 0 Å². The van der Waals surface area contributed by atoms with Crippen LogP contribution < -0.4 is 10.1 Å².